The highest BCUT2D eigenvalue weighted by Gasteiger charge is 2.12. The number of methoxy groups -OCH3 is 1. The zero-order valence-corrected chi connectivity index (χ0v) is 10.7. The fourth-order valence-electron chi connectivity index (χ4n) is 1.21. The van der Waals surface area contributed by atoms with E-state index in [-0.39, 0.29) is 6.54 Å². The van der Waals surface area contributed by atoms with Gasteiger partial charge in [0.2, 0.25) is 5.16 Å². The van der Waals surface area contributed by atoms with E-state index in [2.05, 4.69) is 25.4 Å². The minimum absolute atomic E-state index is 0.0102. The van der Waals surface area contributed by atoms with Crippen LogP contribution in [-0.2, 0) is 21.8 Å². The summed E-state index contributed by atoms with van der Waals surface area (Å²) in [5, 5.41) is 15.4. The molecular formula is C9H11N5O3S. The predicted molar refractivity (Wildman–Crippen MR) is 60.6 cm³/mol. The molecule has 0 N–H and O–H groups in total. The number of esters is 1. The SMILES string of the molecule is COC(=O)Cn1nnnc1SCc1cc(C)on1. The predicted octanol–water partition coefficient (Wildman–Crippen LogP) is 0.435. The van der Waals surface area contributed by atoms with Crippen LogP contribution in [0.25, 0.3) is 0 Å². The molecular weight excluding hydrogens is 258 g/mol. The molecule has 0 aliphatic carbocycles. The number of nitrogens with zero attached hydrogens (tertiary/aromatic N) is 5. The first-order valence-electron chi connectivity index (χ1n) is 5.07. The fraction of sp³-hybridized carbons (Fsp3) is 0.444. The molecule has 0 saturated carbocycles. The van der Waals surface area contributed by atoms with Crippen molar-refractivity contribution in [2.24, 2.45) is 0 Å². The maximum absolute atomic E-state index is 11.1. The maximum atomic E-state index is 11.1. The van der Waals surface area contributed by atoms with E-state index in [9.17, 15) is 4.79 Å². The number of ether oxygens (including phenoxy) is 1. The van der Waals surface area contributed by atoms with Gasteiger partial charge in [0.05, 0.1) is 12.8 Å². The van der Waals surface area contributed by atoms with Crippen LogP contribution < -0.4 is 0 Å². The second kappa shape index (κ2) is 5.63. The van der Waals surface area contributed by atoms with Gasteiger partial charge in [-0.3, -0.25) is 4.79 Å². The minimum atomic E-state index is -0.401. The number of hydrogen-bond acceptors (Lipinski definition) is 8. The highest BCUT2D eigenvalue weighted by molar-refractivity contribution is 7.98. The summed E-state index contributed by atoms with van der Waals surface area (Å²) in [7, 11) is 1.32. The average molecular weight is 269 g/mol. The van der Waals surface area contributed by atoms with Gasteiger partial charge in [0.1, 0.15) is 12.3 Å². The lowest BCUT2D eigenvalue weighted by molar-refractivity contribution is -0.141. The summed E-state index contributed by atoms with van der Waals surface area (Å²) < 4.78 is 10.9. The fourth-order valence-corrected chi connectivity index (χ4v) is 1.97. The Morgan fingerprint density at radius 2 is 2.44 bits per heavy atom. The van der Waals surface area contributed by atoms with Crippen molar-refractivity contribution in [1.29, 1.82) is 0 Å². The Balaban J connectivity index is 1.97. The lowest BCUT2D eigenvalue weighted by atomic mass is 10.4. The van der Waals surface area contributed by atoms with Crippen LogP contribution in [0.1, 0.15) is 11.5 Å². The second-order valence-electron chi connectivity index (χ2n) is 3.41. The number of carbonyl (C=O) groups is 1. The molecule has 0 atom stereocenters. The summed E-state index contributed by atoms with van der Waals surface area (Å²) in [6, 6.07) is 1.83. The first kappa shape index (κ1) is 12.6. The highest BCUT2D eigenvalue weighted by atomic mass is 32.2. The van der Waals surface area contributed by atoms with Gasteiger partial charge >= 0.3 is 5.97 Å². The molecule has 0 bridgehead atoms. The van der Waals surface area contributed by atoms with E-state index < -0.39 is 5.97 Å². The Hall–Kier alpha value is -1.90. The van der Waals surface area contributed by atoms with E-state index in [1.165, 1.54) is 23.6 Å². The molecule has 0 saturated heterocycles. The zero-order chi connectivity index (χ0) is 13.0. The van der Waals surface area contributed by atoms with Crippen molar-refractivity contribution in [3.8, 4) is 0 Å². The molecule has 0 aliphatic heterocycles. The molecule has 18 heavy (non-hydrogen) atoms. The molecule has 0 unspecified atom stereocenters. The molecule has 8 nitrogen and oxygen atoms in total. The lowest BCUT2D eigenvalue weighted by Crippen LogP contribution is -2.13. The molecule has 2 aromatic rings. The quantitative estimate of drug-likeness (QED) is 0.569. The van der Waals surface area contributed by atoms with Crippen molar-refractivity contribution in [3.63, 3.8) is 0 Å². The molecule has 9 heteroatoms. The Bertz CT molecular complexity index is 538. The van der Waals surface area contributed by atoms with Crippen molar-refractivity contribution >= 4 is 17.7 Å². The molecule has 0 spiro atoms. The van der Waals surface area contributed by atoms with Gasteiger partial charge in [0, 0.05) is 11.8 Å². The summed E-state index contributed by atoms with van der Waals surface area (Å²) in [5.41, 5.74) is 0.796. The molecule has 0 radical (unpaired) electrons. The number of hydrogen-bond donors (Lipinski definition) is 0. The third-order valence-corrected chi connectivity index (χ3v) is 3.02. The Kier molecular flexibility index (Phi) is 3.92. The van der Waals surface area contributed by atoms with Gasteiger partial charge in [-0.1, -0.05) is 16.9 Å². The van der Waals surface area contributed by atoms with E-state index in [1.807, 2.05) is 13.0 Å². The van der Waals surface area contributed by atoms with Crippen LogP contribution in [0.3, 0.4) is 0 Å². The second-order valence-corrected chi connectivity index (χ2v) is 4.36. The molecule has 0 fully saturated rings. The van der Waals surface area contributed by atoms with Crippen molar-refractivity contribution in [2.45, 2.75) is 24.4 Å². The van der Waals surface area contributed by atoms with Gasteiger partial charge in [0.25, 0.3) is 0 Å². The lowest BCUT2D eigenvalue weighted by Gasteiger charge is -2.01. The van der Waals surface area contributed by atoms with Crippen molar-refractivity contribution < 1.29 is 14.1 Å². The van der Waals surface area contributed by atoms with E-state index in [4.69, 9.17) is 4.52 Å². The molecule has 96 valence electrons. The van der Waals surface area contributed by atoms with Gasteiger partial charge in [-0.2, -0.15) is 0 Å². The number of rotatable bonds is 5. The highest BCUT2D eigenvalue weighted by Crippen LogP contribution is 2.19. The van der Waals surface area contributed by atoms with Crippen molar-refractivity contribution in [2.75, 3.05) is 7.11 Å². The zero-order valence-electron chi connectivity index (χ0n) is 9.86. The molecule has 2 aromatic heterocycles. The summed E-state index contributed by atoms with van der Waals surface area (Å²) in [5.74, 6) is 0.917. The van der Waals surface area contributed by atoms with E-state index >= 15 is 0 Å². The van der Waals surface area contributed by atoms with Gasteiger partial charge < -0.3 is 9.26 Å². The average Bonchev–Trinajstić information content (AvgIpc) is 2.96. The van der Waals surface area contributed by atoms with Crippen LogP contribution in [0.5, 0.6) is 0 Å². The largest absolute Gasteiger partial charge is 0.468 e. The minimum Gasteiger partial charge on any atom is -0.468 e. The standard InChI is InChI=1S/C9H11N5O3S/c1-6-3-7(11-17-6)5-18-9-10-12-13-14(9)4-8(15)16-2/h3H,4-5H2,1-2H3. The molecule has 0 aliphatic rings. The molecule has 0 amide bonds. The maximum Gasteiger partial charge on any atom is 0.327 e. The Morgan fingerprint density at radius 3 is 3.11 bits per heavy atom. The first-order chi connectivity index (χ1) is 8.69. The van der Waals surface area contributed by atoms with Gasteiger partial charge in [-0.05, 0) is 17.4 Å². The summed E-state index contributed by atoms with van der Waals surface area (Å²) in [6.45, 7) is 1.81. The van der Waals surface area contributed by atoms with Crippen LogP contribution in [0.15, 0.2) is 15.7 Å². The van der Waals surface area contributed by atoms with Crippen LogP contribution in [0, 0.1) is 6.92 Å². The summed E-state index contributed by atoms with van der Waals surface area (Å²) >= 11 is 1.37. The third-order valence-electron chi connectivity index (χ3n) is 2.03. The van der Waals surface area contributed by atoms with Crippen LogP contribution in [0.2, 0.25) is 0 Å². The number of aromatic nitrogens is 5. The number of carbonyl (C=O) groups excluding carboxylic acids is 1. The normalized spacial score (nSPS) is 10.6. The summed E-state index contributed by atoms with van der Waals surface area (Å²) in [6.07, 6.45) is 0. The topological polar surface area (TPSA) is 95.9 Å². The van der Waals surface area contributed by atoms with E-state index in [0.717, 1.165) is 11.5 Å². The van der Waals surface area contributed by atoms with Crippen LogP contribution in [-0.4, -0.2) is 38.4 Å². The van der Waals surface area contributed by atoms with Gasteiger partial charge in [-0.15, -0.1) is 5.10 Å². The number of thioether (sulfide) groups is 1. The van der Waals surface area contributed by atoms with E-state index in [0.29, 0.717) is 10.9 Å². The van der Waals surface area contributed by atoms with Gasteiger partial charge in [-0.25, -0.2) is 4.68 Å². The first-order valence-corrected chi connectivity index (χ1v) is 6.05. The number of tetrazole rings is 1. The molecule has 2 heterocycles. The number of aryl methyl sites for hydroxylation is 1. The Labute approximate surface area is 107 Å². The monoisotopic (exact) mass is 269 g/mol. The van der Waals surface area contributed by atoms with Crippen LogP contribution >= 0.6 is 11.8 Å². The Morgan fingerprint density at radius 1 is 1.61 bits per heavy atom. The molecule has 0 aromatic carbocycles. The summed E-state index contributed by atoms with van der Waals surface area (Å²) in [4.78, 5) is 11.1. The third kappa shape index (κ3) is 3.06. The molecule has 2 rings (SSSR count). The smallest absolute Gasteiger partial charge is 0.327 e. The van der Waals surface area contributed by atoms with Crippen LogP contribution in [0.4, 0.5) is 0 Å². The van der Waals surface area contributed by atoms with Crippen molar-refractivity contribution in [3.05, 3.63) is 17.5 Å². The van der Waals surface area contributed by atoms with Crippen molar-refractivity contribution in [1.82, 2.24) is 25.4 Å². The van der Waals surface area contributed by atoms with Gasteiger partial charge in [0.15, 0.2) is 0 Å². The van der Waals surface area contributed by atoms with E-state index in [1.54, 1.807) is 0 Å².